The van der Waals surface area contributed by atoms with Crippen LogP contribution in [0.3, 0.4) is 0 Å². The first-order valence-corrected chi connectivity index (χ1v) is 6.78. The van der Waals surface area contributed by atoms with E-state index in [0.29, 0.717) is 12.8 Å². The van der Waals surface area contributed by atoms with Crippen molar-refractivity contribution in [2.24, 2.45) is 0 Å². The van der Waals surface area contributed by atoms with Crippen LogP contribution >= 0.6 is 0 Å². The fourth-order valence-corrected chi connectivity index (χ4v) is 2.23. The normalized spacial score (nSPS) is 16.0. The van der Waals surface area contributed by atoms with E-state index < -0.39 is 28.8 Å². The van der Waals surface area contributed by atoms with Gasteiger partial charge in [-0.1, -0.05) is 13.0 Å². The smallest absolute Gasteiger partial charge is 0.237 e. The molecular formula is C16H14O6. The minimum absolute atomic E-state index is 0.104. The molecule has 0 spiro atoms. The quantitative estimate of drug-likeness (QED) is 0.379. The molecule has 1 aliphatic carbocycles. The number of Topliss-reactive ketones (excluding diaryl/α,β-unsaturated/α-hetero) is 4. The van der Waals surface area contributed by atoms with Crippen LogP contribution in [0.25, 0.3) is 0 Å². The maximum Gasteiger partial charge on any atom is 0.237 e. The Balaban J connectivity index is 2.44. The zero-order valence-electron chi connectivity index (χ0n) is 11.9. The Morgan fingerprint density at radius 1 is 1.00 bits per heavy atom. The van der Waals surface area contributed by atoms with Gasteiger partial charge < -0.3 is 10.2 Å². The zero-order valence-corrected chi connectivity index (χ0v) is 11.9. The lowest BCUT2D eigenvalue weighted by Crippen LogP contribution is -2.30. The maximum absolute atomic E-state index is 12.3. The van der Waals surface area contributed by atoms with Gasteiger partial charge in [-0.3, -0.25) is 19.2 Å². The Kier molecular flexibility index (Phi) is 4.21. The number of phenolic OH excluding ortho intramolecular Hbond substituents is 2. The highest BCUT2D eigenvalue weighted by atomic mass is 16.3. The highest BCUT2D eigenvalue weighted by Crippen LogP contribution is 2.33. The van der Waals surface area contributed by atoms with Gasteiger partial charge in [0, 0.05) is 24.0 Å². The average Bonchev–Trinajstić information content (AvgIpc) is 2.47. The number of phenols is 2. The Morgan fingerprint density at radius 3 is 2.09 bits per heavy atom. The lowest BCUT2D eigenvalue weighted by molar-refractivity contribution is -0.118. The molecule has 0 fully saturated rings. The van der Waals surface area contributed by atoms with E-state index in [1.54, 1.807) is 0 Å². The molecule has 0 amide bonds. The summed E-state index contributed by atoms with van der Waals surface area (Å²) in [6.45, 7) is 1.83. The van der Waals surface area contributed by atoms with Crippen molar-refractivity contribution in [2.45, 2.75) is 26.2 Å². The molecule has 6 nitrogen and oxygen atoms in total. The number of rotatable bonds is 4. The van der Waals surface area contributed by atoms with Crippen LogP contribution in [0.15, 0.2) is 23.8 Å². The topological polar surface area (TPSA) is 109 Å². The molecule has 0 aromatic heterocycles. The molecular weight excluding hydrogens is 288 g/mol. The lowest BCUT2D eigenvalue weighted by Gasteiger charge is -2.16. The predicted octanol–water partition coefficient (Wildman–Crippen LogP) is 1.73. The predicted molar refractivity (Wildman–Crippen MR) is 76.1 cm³/mol. The second kappa shape index (κ2) is 5.93. The summed E-state index contributed by atoms with van der Waals surface area (Å²) in [6, 6.07) is 1.83. The highest BCUT2D eigenvalue weighted by Gasteiger charge is 2.36. The molecule has 1 aromatic rings. The van der Waals surface area contributed by atoms with Crippen molar-refractivity contribution >= 4 is 23.1 Å². The summed E-state index contributed by atoms with van der Waals surface area (Å²) in [6.07, 6.45) is 2.03. The Morgan fingerprint density at radius 2 is 1.55 bits per heavy atom. The van der Waals surface area contributed by atoms with E-state index in [1.165, 1.54) is 0 Å². The van der Waals surface area contributed by atoms with Crippen LogP contribution in [0.4, 0.5) is 0 Å². The molecule has 0 saturated heterocycles. The van der Waals surface area contributed by atoms with E-state index in [4.69, 9.17) is 0 Å². The van der Waals surface area contributed by atoms with E-state index in [0.717, 1.165) is 18.2 Å². The van der Waals surface area contributed by atoms with Crippen LogP contribution in [-0.4, -0.2) is 33.3 Å². The number of carbonyl (C=O) groups is 4. The highest BCUT2D eigenvalue weighted by molar-refractivity contribution is 6.59. The summed E-state index contributed by atoms with van der Waals surface area (Å²) in [5.41, 5.74) is -0.775. The van der Waals surface area contributed by atoms with Crippen LogP contribution in [0.2, 0.25) is 0 Å². The molecule has 0 radical (unpaired) electrons. The maximum atomic E-state index is 12.3. The molecule has 22 heavy (non-hydrogen) atoms. The van der Waals surface area contributed by atoms with Gasteiger partial charge >= 0.3 is 0 Å². The van der Waals surface area contributed by atoms with Gasteiger partial charge in [-0.25, -0.2) is 0 Å². The van der Waals surface area contributed by atoms with Gasteiger partial charge in [0.2, 0.25) is 11.6 Å². The van der Waals surface area contributed by atoms with Gasteiger partial charge in [-0.05, 0) is 18.6 Å². The molecule has 114 valence electrons. The summed E-state index contributed by atoms with van der Waals surface area (Å²) in [7, 11) is 0. The van der Waals surface area contributed by atoms with Crippen molar-refractivity contribution in [1.82, 2.24) is 0 Å². The van der Waals surface area contributed by atoms with Crippen molar-refractivity contribution < 1.29 is 29.4 Å². The summed E-state index contributed by atoms with van der Waals surface area (Å²) in [5.74, 6) is -3.97. The monoisotopic (exact) mass is 302 g/mol. The summed E-state index contributed by atoms with van der Waals surface area (Å²) < 4.78 is 0. The summed E-state index contributed by atoms with van der Waals surface area (Å²) >= 11 is 0. The largest absolute Gasteiger partial charge is 0.504 e. The third-order valence-electron chi connectivity index (χ3n) is 3.36. The molecule has 2 N–H and O–H groups in total. The van der Waals surface area contributed by atoms with Gasteiger partial charge in [0.05, 0.1) is 5.57 Å². The number of carbonyl (C=O) groups excluding carboxylic acids is 4. The number of hydrogen-bond acceptors (Lipinski definition) is 6. The Labute approximate surface area is 126 Å². The number of allylic oxidation sites excluding steroid dienone is 2. The molecule has 1 aliphatic rings. The van der Waals surface area contributed by atoms with Gasteiger partial charge in [0.1, 0.15) is 5.78 Å². The summed E-state index contributed by atoms with van der Waals surface area (Å²) in [4.78, 5) is 47.7. The third-order valence-corrected chi connectivity index (χ3v) is 3.36. The van der Waals surface area contributed by atoms with Crippen LogP contribution in [-0.2, 0) is 9.59 Å². The van der Waals surface area contributed by atoms with Crippen molar-refractivity contribution in [1.29, 1.82) is 0 Å². The first-order chi connectivity index (χ1) is 10.4. The molecule has 0 heterocycles. The van der Waals surface area contributed by atoms with Gasteiger partial charge in [0.25, 0.3) is 0 Å². The number of aromatic hydroxyl groups is 2. The Bertz CT molecular complexity index is 726. The molecule has 0 saturated carbocycles. The van der Waals surface area contributed by atoms with Crippen LogP contribution in [0.1, 0.15) is 46.9 Å². The molecule has 2 rings (SSSR count). The molecule has 0 atom stereocenters. The minimum Gasteiger partial charge on any atom is -0.504 e. The number of ketones is 4. The first kappa shape index (κ1) is 15.6. The van der Waals surface area contributed by atoms with Gasteiger partial charge in [0.15, 0.2) is 17.3 Å². The van der Waals surface area contributed by atoms with Gasteiger partial charge in [-0.2, -0.15) is 0 Å². The Hall–Kier alpha value is -2.76. The average molecular weight is 302 g/mol. The molecule has 0 aliphatic heterocycles. The van der Waals surface area contributed by atoms with E-state index in [9.17, 15) is 29.4 Å². The molecule has 1 aromatic carbocycles. The standard InChI is InChI=1S/C16H14O6/c1-2-3-8(17)4-5-9-14(20)10-6-12(18)13(19)7-11(10)16(22)15(9)21/h5-7,18-19H,2-4H2,1H3/b9-5-. The van der Waals surface area contributed by atoms with E-state index >= 15 is 0 Å². The van der Waals surface area contributed by atoms with Crippen LogP contribution in [0.5, 0.6) is 11.5 Å². The number of benzene rings is 1. The zero-order chi connectivity index (χ0) is 16.4. The van der Waals surface area contributed by atoms with E-state index in [-0.39, 0.29) is 28.9 Å². The summed E-state index contributed by atoms with van der Waals surface area (Å²) in [5, 5.41) is 18.8. The molecule has 6 heteroatoms. The van der Waals surface area contributed by atoms with Crippen molar-refractivity contribution in [3.8, 4) is 11.5 Å². The fraction of sp³-hybridized carbons (Fsp3) is 0.250. The van der Waals surface area contributed by atoms with Gasteiger partial charge in [-0.15, -0.1) is 0 Å². The number of fused-ring (bicyclic) bond motifs is 1. The number of hydrogen-bond donors (Lipinski definition) is 2. The third kappa shape index (κ3) is 2.67. The SMILES string of the molecule is CCCC(=O)C/C=C1\C(=O)C(=O)c2cc(O)c(O)cc2C1=O. The van der Waals surface area contributed by atoms with E-state index in [2.05, 4.69) is 0 Å². The second-order valence-corrected chi connectivity index (χ2v) is 4.98. The minimum atomic E-state index is -1.01. The van der Waals surface area contributed by atoms with Crippen molar-refractivity contribution in [3.05, 3.63) is 34.9 Å². The lowest BCUT2D eigenvalue weighted by atomic mass is 9.84. The van der Waals surface area contributed by atoms with E-state index in [1.807, 2.05) is 6.92 Å². The van der Waals surface area contributed by atoms with Crippen molar-refractivity contribution in [3.63, 3.8) is 0 Å². The molecule has 0 unspecified atom stereocenters. The first-order valence-electron chi connectivity index (χ1n) is 6.78. The van der Waals surface area contributed by atoms with Crippen LogP contribution < -0.4 is 0 Å². The molecule has 0 bridgehead atoms. The second-order valence-electron chi connectivity index (χ2n) is 4.98. The van der Waals surface area contributed by atoms with Crippen molar-refractivity contribution in [2.75, 3.05) is 0 Å². The van der Waals surface area contributed by atoms with Crippen LogP contribution in [0, 0.1) is 0 Å². The fourth-order valence-electron chi connectivity index (χ4n) is 2.23.